The maximum Gasteiger partial charge on any atom is 0.314 e. The molecule has 1 saturated heterocycles. The standard InChI is InChI=1S/C15H23N7O/c1-15(2,3)13-18-11-10(9-17-20(11)4)12(19-13)21-5-7-22(8-6-21)14(16)23/h9H,5-8H2,1-4H3,(H2,16,23). The third-order valence-corrected chi connectivity index (χ3v) is 4.13. The Labute approximate surface area is 135 Å². The molecule has 3 heterocycles. The molecule has 1 aliphatic rings. The topological polar surface area (TPSA) is 93.2 Å². The summed E-state index contributed by atoms with van der Waals surface area (Å²) in [5.74, 6) is 1.68. The lowest BCUT2D eigenvalue weighted by atomic mass is 9.95. The first kappa shape index (κ1) is 15.5. The Kier molecular flexibility index (Phi) is 3.62. The quantitative estimate of drug-likeness (QED) is 0.842. The number of aromatic nitrogens is 4. The van der Waals surface area contributed by atoms with Gasteiger partial charge in [-0.3, -0.25) is 4.68 Å². The molecule has 124 valence electrons. The van der Waals surface area contributed by atoms with Gasteiger partial charge in [-0.25, -0.2) is 14.8 Å². The van der Waals surface area contributed by atoms with Gasteiger partial charge in [0.2, 0.25) is 0 Å². The minimum absolute atomic E-state index is 0.151. The fourth-order valence-corrected chi connectivity index (χ4v) is 2.72. The molecule has 8 heteroatoms. The maximum atomic E-state index is 11.3. The van der Waals surface area contributed by atoms with Gasteiger partial charge in [0.15, 0.2) is 5.65 Å². The Hall–Kier alpha value is -2.38. The summed E-state index contributed by atoms with van der Waals surface area (Å²) in [6.07, 6.45) is 1.80. The van der Waals surface area contributed by atoms with Crippen LogP contribution in [0.3, 0.4) is 0 Å². The van der Waals surface area contributed by atoms with Crippen molar-refractivity contribution < 1.29 is 4.79 Å². The normalized spacial score (nSPS) is 16.2. The molecule has 1 aliphatic heterocycles. The van der Waals surface area contributed by atoms with E-state index in [0.29, 0.717) is 26.2 Å². The maximum absolute atomic E-state index is 11.3. The number of hydrogen-bond acceptors (Lipinski definition) is 5. The molecule has 2 N–H and O–H groups in total. The zero-order valence-corrected chi connectivity index (χ0v) is 14.1. The molecule has 0 bridgehead atoms. The van der Waals surface area contributed by atoms with Gasteiger partial charge in [-0.15, -0.1) is 0 Å². The predicted octanol–water partition coefficient (Wildman–Crippen LogP) is 0.862. The molecule has 0 saturated carbocycles. The minimum Gasteiger partial charge on any atom is -0.352 e. The first-order valence-corrected chi connectivity index (χ1v) is 7.77. The third kappa shape index (κ3) is 2.80. The molecule has 3 rings (SSSR count). The van der Waals surface area contributed by atoms with E-state index in [-0.39, 0.29) is 11.4 Å². The molecular formula is C15H23N7O. The van der Waals surface area contributed by atoms with Gasteiger partial charge < -0.3 is 15.5 Å². The second-order valence-corrected chi connectivity index (χ2v) is 6.94. The Balaban J connectivity index is 2.01. The highest BCUT2D eigenvalue weighted by Gasteiger charge is 2.26. The average Bonchev–Trinajstić information content (AvgIpc) is 2.87. The van der Waals surface area contributed by atoms with Crippen LogP contribution in [0.25, 0.3) is 11.0 Å². The van der Waals surface area contributed by atoms with Crippen molar-refractivity contribution in [3.05, 3.63) is 12.0 Å². The summed E-state index contributed by atoms with van der Waals surface area (Å²) in [5.41, 5.74) is 6.04. The van der Waals surface area contributed by atoms with Gasteiger partial charge in [-0.1, -0.05) is 20.8 Å². The van der Waals surface area contributed by atoms with Crippen molar-refractivity contribution in [1.82, 2.24) is 24.6 Å². The molecule has 0 unspecified atom stereocenters. The summed E-state index contributed by atoms with van der Waals surface area (Å²) < 4.78 is 1.77. The van der Waals surface area contributed by atoms with Crippen LogP contribution < -0.4 is 10.6 Å². The lowest BCUT2D eigenvalue weighted by molar-refractivity contribution is 0.204. The van der Waals surface area contributed by atoms with Gasteiger partial charge in [0.05, 0.1) is 11.6 Å². The molecule has 2 aromatic heterocycles. The van der Waals surface area contributed by atoms with Gasteiger partial charge in [-0.2, -0.15) is 5.10 Å². The Bertz CT molecular complexity index is 738. The van der Waals surface area contributed by atoms with E-state index in [4.69, 9.17) is 10.7 Å². The van der Waals surface area contributed by atoms with Crippen LogP contribution in [-0.4, -0.2) is 56.9 Å². The van der Waals surface area contributed by atoms with Crippen molar-refractivity contribution in [1.29, 1.82) is 0 Å². The SMILES string of the molecule is Cn1ncc2c(N3CCN(C(N)=O)CC3)nc(C(C)(C)C)nc21. The zero-order valence-electron chi connectivity index (χ0n) is 14.1. The number of nitrogens with zero attached hydrogens (tertiary/aromatic N) is 6. The van der Waals surface area contributed by atoms with Crippen molar-refractivity contribution in [3.63, 3.8) is 0 Å². The van der Waals surface area contributed by atoms with Crippen LogP contribution in [0.4, 0.5) is 10.6 Å². The van der Waals surface area contributed by atoms with Crippen molar-refractivity contribution in [2.75, 3.05) is 31.1 Å². The molecule has 0 aliphatic carbocycles. The number of anilines is 1. The number of rotatable bonds is 1. The highest BCUT2D eigenvalue weighted by Crippen LogP contribution is 2.28. The largest absolute Gasteiger partial charge is 0.352 e. The molecule has 8 nitrogen and oxygen atoms in total. The van der Waals surface area contributed by atoms with E-state index in [0.717, 1.165) is 22.7 Å². The second kappa shape index (κ2) is 5.36. The average molecular weight is 317 g/mol. The molecular weight excluding hydrogens is 294 g/mol. The van der Waals surface area contributed by atoms with Crippen LogP contribution in [0.5, 0.6) is 0 Å². The highest BCUT2D eigenvalue weighted by atomic mass is 16.2. The van der Waals surface area contributed by atoms with E-state index in [1.165, 1.54) is 0 Å². The van der Waals surface area contributed by atoms with Crippen molar-refractivity contribution in [2.45, 2.75) is 26.2 Å². The summed E-state index contributed by atoms with van der Waals surface area (Å²) in [6, 6.07) is -0.366. The lowest BCUT2D eigenvalue weighted by Crippen LogP contribution is -2.50. The Morgan fingerprint density at radius 3 is 2.39 bits per heavy atom. The van der Waals surface area contributed by atoms with Crippen LogP contribution in [0, 0.1) is 0 Å². The molecule has 2 amide bonds. The first-order chi connectivity index (χ1) is 10.8. The van der Waals surface area contributed by atoms with Crippen LogP contribution >= 0.6 is 0 Å². The molecule has 0 radical (unpaired) electrons. The second-order valence-electron chi connectivity index (χ2n) is 6.94. The van der Waals surface area contributed by atoms with Crippen LogP contribution in [-0.2, 0) is 12.5 Å². The Morgan fingerprint density at radius 2 is 1.83 bits per heavy atom. The predicted molar refractivity (Wildman–Crippen MR) is 88.4 cm³/mol. The monoisotopic (exact) mass is 317 g/mol. The number of fused-ring (bicyclic) bond motifs is 1. The van der Waals surface area contributed by atoms with Crippen LogP contribution in [0.15, 0.2) is 6.20 Å². The summed E-state index contributed by atoms with van der Waals surface area (Å²) in [4.78, 5) is 24.6. The number of carbonyl (C=O) groups excluding carboxylic acids is 1. The molecule has 2 aromatic rings. The number of piperazine rings is 1. The van der Waals surface area contributed by atoms with E-state index in [1.54, 1.807) is 15.8 Å². The number of carbonyl (C=O) groups is 1. The zero-order chi connectivity index (χ0) is 16.8. The smallest absolute Gasteiger partial charge is 0.314 e. The van der Waals surface area contributed by atoms with E-state index in [1.807, 2.05) is 7.05 Å². The third-order valence-electron chi connectivity index (χ3n) is 4.13. The fourth-order valence-electron chi connectivity index (χ4n) is 2.72. The summed E-state index contributed by atoms with van der Waals surface area (Å²) in [6.45, 7) is 8.90. The van der Waals surface area contributed by atoms with E-state index >= 15 is 0 Å². The number of aryl methyl sites for hydroxylation is 1. The van der Waals surface area contributed by atoms with Crippen molar-refractivity contribution in [3.8, 4) is 0 Å². The molecule has 0 aromatic carbocycles. The fraction of sp³-hybridized carbons (Fsp3) is 0.600. The van der Waals surface area contributed by atoms with Gasteiger partial charge in [0, 0.05) is 38.6 Å². The van der Waals surface area contributed by atoms with Crippen molar-refractivity contribution in [2.24, 2.45) is 12.8 Å². The molecule has 1 fully saturated rings. The van der Waals surface area contributed by atoms with E-state index in [9.17, 15) is 4.79 Å². The van der Waals surface area contributed by atoms with Crippen LogP contribution in [0.1, 0.15) is 26.6 Å². The van der Waals surface area contributed by atoms with Gasteiger partial charge in [0.25, 0.3) is 0 Å². The summed E-state index contributed by atoms with van der Waals surface area (Å²) in [5, 5.41) is 5.26. The van der Waals surface area contributed by atoms with Crippen molar-refractivity contribution >= 4 is 22.9 Å². The number of amides is 2. The molecule has 23 heavy (non-hydrogen) atoms. The Morgan fingerprint density at radius 1 is 1.17 bits per heavy atom. The number of primary amides is 1. The lowest BCUT2D eigenvalue weighted by Gasteiger charge is -2.35. The van der Waals surface area contributed by atoms with E-state index < -0.39 is 0 Å². The van der Waals surface area contributed by atoms with Gasteiger partial charge in [0.1, 0.15) is 11.6 Å². The number of hydrogen-bond donors (Lipinski definition) is 1. The van der Waals surface area contributed by atoms with Gasteiger partial charge in [-0.05, 0) is 0 Å². The number of urea groups is 1. The minimum atomic E-state index is -0.366. The van der Waals surface area contributed by atoms with E-state index in [2.05, 4.69) is 35.8 Å². The molecule has 0 atom stereocenters. The summed E-state index contributed by atoms with van der Waals surface area (Å²) >= 11 is 0. The number of nitrogens with two attached hydrogens (primary N) is 1. The van der Waals surface area contributed by atoms with Crippen LogP contribution in [0.2, 0.25) is 0 Å². The highest BCUT2D eigenvalue weighted by molar-refractivity contribution is 5.87. The van der Waals surface area contributed by atoms with Gasteiger partial charge >= 0.3 is 6.03 Å². The first-order valence-electron chi connectivity index (χ1n) is 7.77. The summed E-state index contributed by atoms with van der Waals surface area (Å²) in [7, 11) is 1.89. The molecule has 0 spiro atoms.